The minimum atomic E-state index is -0.795. The van der Waals surface area contributed by atoms with E-state index in [4.69, 9.17) is 5.11 Å². The van der Waals surface area contributed by atoms with Crippen molar-refractivity contribution in [2.24, 2.45) is 0 Å². The van der Waals surface area contributed by atoms with Crippen LogP contribution in [0.2, 0.25) is 0 Å². The average Bonchev–Trinajstić information content (AvgIpc) is 2.32. The summed E-state index contributed by atoms with van der Waals surface area (Å²) in [5.41, 5.74) is 0.355. The van der Waals surface area contributed by atoms with Crippen LogP contribution in [0.3, 0.4) is 0 Å². The molecule has 0 aliphatic rings. The van der Waals surface area contributed by atoms with E-state index >= 15 is 0 Å². The SMILES string of the molecule is O=C(O)CCCCNCCc1cc(F)ccc1F. The van der Waals surface area contributed by atoms with E-state index < -0.39 is 17.6 Å². The largest absolute Gasteiger partial charge is 0.481 e. The molecule has 0 aliphatic carbocycles. The summed E-state index contributed by atoms with van der Waals surface area (Å²) in [5.74, 6) is -1.63. The van der Waals surface area contributed by atoms with Crippen molar-refractivity contribution < 1.29 is 18.7 Å². The highest BCUT2D eigenvalue weighted by Crippen LogP contribution is 2.09. The third-order valence-corrected chi connectivity index (χ3v) is 2.57. The van der Waals surface area contributed by atoms with Crippen molar-refractivity contribution in [3.8, 4) is 0 Å². The van der Waals surface area contributed by atoms with Gasteiger partial charge in [-0.2, -0.15) is 0 Å². The molecule has 5 heteroatoms. The van der Waals surface area contributed by atoms with Crippen LogP contribution < -0.4 is 5.32 Å². The van der Waals surface area contributed by atoms with Gasteiger partial charge in [-0.05, 0) is 56.1 Å². The molecule has 0 atom stereocenters. The lowest BCUT2D eigenvalue weighted by Gasteiger charge is -2.05. The smallest absolute Gasteiger partial charge is 0.303 e. The summed E-state index contributed by atoms with van der Waals surface area (Å²) in [5, 5.41) is 11.5. The lowest BCUT2D eigenvalue weighted by Crippen LogP contribution is -2.19. The van der Waals surface area contributed by atoms with Gasteiger partial charge >= 0.3 is 5.97 Å². The first-order valence-electron chi connectivity index (χ1n) is 5.96. The Morgan fingerprint density at radius 3 is 2.72 bits per heavy atom. The quantitative estimate of drug-likeness (QED) is 0.703. The van der Waals surface area contributed by atoms with Crippen LogP contribution in [0.25, 0.3) is 0 Å². The van der Waals surface area contributed by atoms with Crippen LogP contribution in [0.1, 0.15) is 24.8 Å². The lowest BCUT2D eigenvalue weighted by atomic mass is 10.1. The Balaban J connectivity index is 2.14. The van der Waals surface area contributed by atoms with E-state index in [9.17, 15) is 13.6 Å². The molecule has 0 radical (unpaired) electrons. The molecule has 1 aromatic rings. The second kappa shape index (κ2) is 7.76. The number of benzene rings is 1. The molecule has 0 saturated heterocycles. The Labute approximate surface area is 105 Å². The monoisotopic (exact) mass is 257 g/mol. The minimum Gasteiger partial charge on any atom is -0.481 e. The van der Waals surface area contributed by atoms with Gasteiger partial charge in [0.25, 0.3) is 0 Å². The van der Waals surface area contributed by atoms with E-state index in [1.165, 1.54) is 6.07 Å². The van der Waals surface area contributed by atoms with Crippen molar-refractivity contribution >= 4 is 5.97 Å². The van der Waals surface area contributed by atoms with E-state index in [0.29, 0.717) is 31.5 Å². The summed E-state index contributed by atoms with van der Waals surface area (Å²) in [6, 6.07) is 3.41. The van der Waals surface area contributed by atoms with Crippen LogP contribution in [0, 0.1) is 11.6 Å². The van der Waals surface area contributed by atoms with Gasteiger partial charge in [-0.25, -0.2) is 8.78 Å². The highest BCUT2D eigenvalue weighted by Gasteiger charge is 2.03. The van der Waals surface area contributed by atoms with E-state index in [2.05, 4.69) is 5.32 Å². The summed E-state index contributed by atoms with van der Waals surface area (Å²) in [6.45, 7) is 1.23. The molecule has 0 aromatic heterocycles. The van der Waals surface area contributed by atoms with Crippen molar-refractivity contribution in [3.05, 3.63) is 35.4 Å². The van der Waals surface area contributed by atoms with Crippen molar-refractivity contribution in [3.63, 3.8) is 0 Å². The number of carboxylic acid groups (broad SMARTS) is 1. The van der Waals surface area contributed by atoms with E-state index in [0.717, 1.165) is 18.6 Å². The number of carbonyl (C=O) groups is 1. The highest BCUT2D eigenvalue weighted by atomic mass is 19.1. The Hall–Kier alpha value is -1.49. The summed E-state index contributed by atoms with van der Waals surface area (Å²) in [7, 11) is 0. The highest BCUT2D eigenvalue weighted by molar-refractivity contribution is 5.66. The summed E-state index contributed by atoms with van der Waals surface area (Å²) in [6.07, 6.45) is 1.97. The van der Waals surface area contributed by atoms with Crippen LogP contribution in [-0.2, 0) is 11.2 Å². The fraction of sp³-hybridized carbons (Fsp3) is 0.462. The molecular weight excluding hydrogens is 240 g/mol. The van der Waals surface area contributed by atoms with E-state index in [-0.39, 0.29) is 6.42 Å². The topological polar surface area (TPSA) is 49.3 Å². The molecule has 0 unspecified atom stereocenters. The fourth-order valence-electron chi connectivity index (χ4n) is 1.61. The first-order chi connectivity index (χ1) is 8.59. The Kier molecular flexibility index (Phi) is 6.28. The van der Waals surface area contributed by atoms with Gasteiger partial charge in [0.15, 0.2) is 0 Å². The van der Waals surface area contributed by atoms with E-state index in [1.54, 1.807) is 0 Å². The Morgan fingerprint density at radius 1 is 1.22 bits per heavy atom. The first-order valence-corrected chi connectivity index (χ1v) is 5.96. The van der Waals surface area contributed by atoms with Gasteiger partial charge in [-0.1, -0.05) is 0 Å². The van der Waals surface area contributed by atoms with E-state index in [1.807, 2.05) is 0 Å². The molecule has 0 heterocycles. The Bertz CT molecular complexity index is 397. The Morgan fingerprint density at radius 2 is 2.00 bits per heavy atom. The van der Waals surface area contributed by atoms with Crippen LogP contribution >= 0.6 is 0 Å². The molecule has 3 nitrogen and oxygen atoms in total. The third-order valence-electron chi connectivity index (χ3n) is 2.57. The number of aliphatic carboxylic acids is 1. The molecule has 0 spiro atoms. The second-order valence-corrected chi connectivity index (χ2v) is 4.09. The molecule has 0 aliphatic heterocycles. The van der Waals surface area contributed by atoms with Gasteiger partial charge in [0.2, 0.25) is 0 Å². The molecule has 0 fully saturated rings. The molecule has 1 rings (SSSR count). The number of hydrogen-bond acceptors (Lipinski definition) is 2. The molecule has 0 saturated carbocycles. The maximum absolute atomic E-state index is 13.2. The average molecular weight is 257 g/mol. The molecule has 1 aromatic carbocycles. The maximum atomic E-state index is 13.2. The van der Waals surface area contributed by atoms with Gasteiger partial charge in [0.1, 0.15) is 11.6 Å². The number of unbranched alkanes of at least 4 members (excludes halogenated alkanes) is 1. The number of halogens is 2. The van der Waals surface area contributed by atoms with Gasteiger partial charge in [0, 0.05) is 6.42 Å². The van der Waals surface area contributed by atoms with Crippen molar-refractivity contribution in [2.45, 2.75) is 25.7 Å². The molecule has 0 bridgehead atoms. The normalized spacial score (nSPS) is 10.6. The predicted octanol–water partition coefficient (Wildman–Crippen LogP) is 2.35. The molecule has 0 amide bonds. The van der Waals surface area contributed by atoms with Gasteiger partial charge in [-0.3, -0.25) is 4.79 Å². The van der Waals surface area contributed by atoms with Crippen molar-refractivity contribution in [1.82, 2.24) is 5.32 Å². The van der Waals surface area contributed by atoms with Gasteiger partial charge < -0.3 is 10.4 Å². The molecular formula is C13H17F2NO2. The molecule has 18 heavy (non-hydrogen) atoms. The standard InChI is InChI=1S/C13H17F2NO2/c14-11-4-5-12(15)10(9-11)6-8-16-7-2-1-3-13(17)18/h4-5,9,16H,1-3,6-8H2,(H,17,18). The zero-order chi connectivity index (χ0) is 13.4. The summed E-state index contributed by atoms with van der Waals surface area (Å²) >= 11 is 0. The van der Waals surface area contributed by atoms with Gasteiger partial charge in [0.05, 0.1) is 0 Å². The third kappa shape index (κ3) is 5.72. The first kappa shape index (κ1) is 14.6. The lowest BCUT2D eigenvalue weighted by molar-refractivity contribution is -0.137. The number of rotatable bonds is 8. The second-order valence-electron chi connectivity index (χ2n) is 4.09. The number of nitrogens with one attached hydrogen (secondary N) is 1. The van der Waals surface area contributed by atoms with Gasteiger partial charge in [-0.15, -0.1) is 0 Å². The predicted molar refractivity (Wildman–Crippen MR) is 64.4 cm³/mol. The minimum absolute atomic E-state index is 0.167. The van der Waals surface area contributed by atoms with Crippen LogP contribution in [0.4, 0.5) is 8.78 Å². The van der Waals surface area contributed by atoms with Crippen molar-refractivity contribution in [2.75, 3.05) is 13.1 Å². The zero-order valence-electron chi connectivity index (χ0n) is 10.1. The fourth-order valence-corrected chi connectivity index (χ4v) is 1.61. The van der Waals surface area contributed by atoms with Crippen LogP contribution in [-0.4, -0.2) is 24.2 Å². The maximum Gasteiger partial charge on any atom is 0.303 e. The number of hydrogen-bond donors (Lipinski definition) is 2. The zero-order valence-corrected chi connectivity index (χ0v) is 10.1. The van der Waals surface area contributed by atoms with Crippen LogP contribution in [0.15, 0.2) is 18.2 Å². The molecule has 100 valence electrons. The van der Waals surface area contributed by atoms with Crippen molar-refractivity contribution in [1.29, 1.82) is 0 Å². The summed E-state index contributed by atoms with van der Waals surface area (Å²) in [4.78, 5) is 10.2. The molecule has 2 N–H and O–H groups in total. The summed E-state index contributed by atoms with van der Waals surface area (Å²) < 4.78 is 26.1. The van der Waals surface area contributed by atoms with Crippen LogP contribution in [0.5, 0.6) is 0 Å². The number of carboxylic acids is 1.